The Morgan fingerprint density at radius 1 is 1.27 bits per heavy atom. The largest absolute Gasteiger partial charge is 0.487 e. The molecule has 0 saturated heterocycles. The highest BCUT2D eigenvalue weighted by molar-refractivity contribution is 5.95. The Hall–Kier alpha value is -3.41. The van der Waals surface area contributed by atoms with E-state index in [1.165, 1.54) is 6.07 Å². The number of pyridine rings is 1. The summed E-state index contributed by atoms with van der Waals surface area (Å²) < 4.78 is 27.6. The molecule has 1 saturated carbocycles. The van der Waals surface area contributed by atoms with Crippen molar-refractivity contribution in [2.45, 2.75) is 25.8 Å². The van der Waals surface area contributed by atoms with E-state index in [0.717, 1.165) is 12.8 Å². The first-order chi connectivity index (χ1) is 14.5. The van der Waals surface area contributed by atoms with Crippen LogP contribution >= 0.6 is 0 Å². The number of carbonyl (C=O) groups excluding carboxylic acids is 1. The van der Waals surface area contributed by atoms with E-state index in [1.807, 2.05) is 0 Å². The van der Waals surface area contributed by atoms with E-state index in [0.29, 0.717) is 44.5 Å². The fraction of sp³-hybridized carbons (Fsp3) is 0.250. The molecule has 6 heteroatoms. The average Bonchev–Trinajstić information content (AvgIpc) is 3.49. The Balaban J connectivity index is 1.69. The number of aromatic nitrogens is 1. The smallest absolute Gasteiger partial charge is 0.338 e. The van der Waals surface area contributed by atoms with E-state index >= 15 is 4.39 Å². The number of carbonyl (C=O) groups is 1. The highest BCUT2D eigenvalue weighted by Crippen LogP contribution is 2.43. The predicted molar refractivity (Wildman–Crippen MR) is 112 cm³/mol. The van der Waals surface area contributed by atoms with Gasteiger partial charge in [0.05, 0.1) is 23.3 Å². The zero-order chi connectivity index (χ0) is 21.0. The maximum absolute atomic E-state index is 15.1. The van der Waals surface area contributed by atoms with Gasteiger partial charge in [0, 0.05) is 17.0 Å². The second-order valence-corrected chi connectivity index (χ2v) is 7.65. The molecule has 152 valence electrons. The van der Waals surface area contributed by atoms with Crippen molar-refractivity contribution in [3.8, 4) is 16.9 Å². The van der Waals surface area contributed by atoms with Crippen molar-refractivity contribution in [3.63, 3.8) is 0 Å². The molecule has 1 aromatic heterocycles. The molecule has 2 heterocycles. The number of hydrogen-bond acceptors (Lipinski definition) is 4. The lowest BCUT2D eigenvalue weighted by Crippen LogP contribution is -2.22. The molecule has 0 spiro atoms. The zero-order valence-electron chi connectivity index (χ0n) is 16.5. The van der Waals surface area contributed by atoms with E-state index in [9.17, 15) is 9.59 Å². The van der Waals surface area contributed by atoms with Crippen LogP contribution in [0.1, 0.15) is 41.7 Å². The van der Waals surface area contributed by atoms with Gasteiger partial charge in [-0.3, -0.25) is 4.79 Å². The van der Waals surface area contributed by atoms with Gasteiger partial charge in [0.2, 0.25) is 0 Å². The average molecular weight is 405 g/mol. The first-order valence-corrected chi connectivity index (χ1v) is 10.00. The van der Waals surface area contributed by atoms with Gasteiger partial charge in [0.15, 0.2) is 0 Å². The molecule has 5 rings (SSSR count). The third kappa shape index (κ3) is 2.83. The Morgan fingerprint density at radius 2 is 2.00 bits per heavy atom. The summed E-state index contributed by atoms with van der Waals surface area (Å²) in [5, 5.41) is 0.583. The van der Waals surface area contributed by atoms with Gasteiger partial charge in [0.1, 0.15) is 18.2 Å². The molecule has 0 radical (unpaired) electrons. The first-order valence-electron chi connectivity index (χ1n) is 10.00. The summed E-state index contributed by atoms with van der Waals surface area (Å²) in [6, 6.07) is 9.84. The third-order valence-corrected chi connectivity index (χ3v) is 5.61. The molecule has 0 N–H and O–H groups in total. The number of fused-ring (bicyclic) bond motifs is 3. The van der Waals surface area contributed by atoms with Gasteiger partial charge >= 0.3 is 5.97 Å². The third-order valence-electron chi connectivity index (χ3n) is 5.61. The topological polar surface area (TPSA) is 57.5 Å². The molecule has 2 aliphatic rings. The second kappa shape index (κ2) is 6.83. The van der Waals surface area contributed by atoms with Crippen molar-refractivity contribution >= 4 is 22.4 Å². The van der Waals surface area contributed by atoms with Gasteiger partial charge in [-0.2, -0.15) is 0 Å². The van der Waals surface area contributed by atoms with E-state index < -0.39 is 11.8 Å². The van der Waals surface area contributed by atoms with Crippen molar-refractivity contribution in [3.05, 3.63) is 70.3 Å². The highest BCUT2D eigenvalue weighted by atomic mass is 19.1. The van der Waals surface area contributed by atoms with Crippen LogP contribution in [0.15, 0.2) is 47.8 Å². The quantitative estimate of drug-likeness (QED) is 0.589. The van der Waals surface area contributed by atoms with Crippen LogP contribution in [0.5, 0.6) is 5.75 Å². The number of benzene rings is 2. The lowest BCUT2D eigenvalue weighted by Gasteiger charge is -2.15. The van der Waals surface area contributed by atoms with Crippen LogP contribution in [0, 0.1) is 5.82 Å². The van der Waals surface area contributed by atoms with Gasteiger partial charge in [-0.15, -0.1) is 0 Å². The van der Waals surface area contributed by atoms with E-state index in [1.54, 1.807) is 41.8 Å². The van der Waals surface area contributed by atoms with Crippen molar-refractivity contribution in [1.29, 1.82) is 0 Å². The second-order valence-electron chi connectivity index (χ2n) is 7.65. The Kier molecular flexibility index (Phi) is 4.24. The minimum absolute atomic E-state index is 0.114. The zero-order valence-corrected chi connectivity index (χ0v) is 16.5. The van der Waals surface area contributed by atoms with Crippen LogP contribution in [-0.2, 0) is 4.74 Å². The number of ether oxygens (including phenoxy) is 2. The van der Waals surface area contributed by atoms with Crippen LogP contribution < -0.4 is 10.3 Å². The molecular formula is C24H20FNO4. The van der Waals surface area contributed by atoms with Crippen molar-refractivity contribution in [1.82, 2.24) is 4.57 Å². The fourth-order valence-corrected chi connectivity index (χ4v) is 4.01. The Bertz CT molecular complexity index is 1270. The van der Waals surface area contributed by atoms with Gasteiger partial charge in [-0.1, -0.05) is 18.7 Å². The SMILES string of the molecule is C=C1COc2c1c(=O)n(C1CC1)c1cc(-c3ccc(C(=O)OCC)cc3)c(F)cc21. The number of rotatable bonds is 4. The maximum atomic E-state index is 15.1. The molecule has 1 aliphatic carbocycles. The molecule has 30 heavy (non-hydrogen) atoms. The summed E-state index contributed by atoms with van der Waals surface area (Å²) in [4.78, 5) is 25.0. The van der Waals surface area contributed by atoms with Crippen LogP contribution in [0.3, 0.4) is 0 Å². The van der Waals surface area contributed by atoms with E-state index in [-0.39, 0.29) is 24.8 Å². The number of nitrogens with zero attached hydrogens (tertiary/aromatic N) is 1. The molecule has 5 nitrogen and oxygen atoms in total. The summed E-state index contributed by atoms with van der Waals surface area (Å²) in [6.45, 7) is 6.21. The van der Waals surface area contributed by atoms with Crippen molar-refractivity contribution in [2.24, 2.45) is 0 Å². The van der Waals surface area contributed by atoms with Gasteiger partial charge in [-0.05, 0) is 55.2 Å². The van der Waals surface area contributed by atoms with Gasteiger partial charge < -0.3 is 14.0 Å². The normalized spacial score (nSPS) is 15.2. The summed E-state index contributed by atoms with van der Waals surface area (Å²) >= 11 is 0. The fourth-order valence-electron chi connectivity index (χ4n) is 4.01. The molecule has 0 atom stereocenters. The van der Waals surface area contributed by atoms with Crippen molar-refractivity contribution < 1.29 is 18.7 Å². The van der Waals surface area contributed by atoms with Crippen LogP contribution in [0.4, 0.5) is 4.39 Å². The maximum Gasteiger partial charge on any atom is 0.338 e. The van der Waals surface area contributed by atoms with Crippen LogP contribution in [0.2, 0.25) is 0 Å². The summed E-state index contributed by atoms with van der Waals surface area (Å²) in [5.41, 5.74) is 3.00. The summed E-state index contributed by atoms with van der Waals surface area (Å²) in [7, 11) is 0. The summed E-state index contributed by atoms with van der Waals surface area (Å²) in [5.74, 6) is -0.422. The first kappa shape index (κ1) is 18.6. The minimum atomic E-state index is -0.421. The molecule has 3 aromatic rings. The highest BCUT2D eigenvalue weighted by Gasteiger charge is 2.32. The van der Waals surface area contributed by atoms with Crippen LogP contribution in [0.25, 0.3) is 27.6 Å². The summed E-state index contributed by atoms with van der Waals surface area (Å²) in [6.07, 6.45) is 1.84. The molecule has 0 bridgehead atoms. The number of hydrogen-bond donors (Lipinski definition) is 0. The molecule has 1 fully saturated rings. The number of halogens is 1. The Labute approximate surface area is 172 Å². The molecule has 2 aromatic carbocycles. The minimum Gasteiger partial charge on any atom is -0.487 e. The van der Waals surface area contributed by atoms with E-state index in [4.69, 9.17) is 9.47 Å². The lowest BCUT2D eigenvalue weighted by molar-refractivity contribution is 0.0526. The monoisotopic (exact) mass is 405 g/mol. The lowest BCUT2D eigenvalue weighted by atomic mass is 9.99. The van der Waals surface area contributed by atoms with Crippen molar-refractivity contribution in [2.75, 3.05) is 13.2 Å². The van der Waals surface area contributed by atoms with Gasteiger partial charge in [0.25, 0.3) is 5.56 Å². The molecule has 1 aliphatic heterocycles. The standard InChI is InChI=1S/C24H20FNO4/c1-3-29-24(28)15-6-4-14(5-7-15)17-11-20-18(10-19(17)25)22-21(13(2)12-30-22)23(27)26(20)16-8-9-16/h4-7,10-11,16H,2-3,8-9,12H2,1H3. The van der Waals surface area contributed by atoms with Crippen LogP contribution in [-0.4, -0.2) is 23.8 Å². The molecule has 0 amide bonds. The molecular weight excluding hydrogens is 385 g/mol. The van der Waals surface area contributed by atoms with E-state index in [2.05, 4.69) is 6.58 Å². The predicted octanol–water partition coefficient (Wildman–Crippen LogP) is 4.72. The Morgan fingerprint density at radius 3 is 2.67 bits per heavy atom. The van der Waals surface area contributed by atoms with Gasteiger partial charge in [-0.25, -0.2) is 9.18 Å². The molecule has 0 unspecified atom stereocenters. The number of esters is 1.